The molecule has 0 saturated carbocycles. The number of hydrogen-bond acceptors (Lipinski definition) is 6. The smallest absolute Gasteiger partial charge is 0.311 e. The predicted molar refractivity (Wildman–Crippen MR) is 81.2 cm³/mol. The molecular formula is C14H23N3O2S. The highest BCUT2D eigenvalue weighted by molar-refractivity contribution is 7.13. The Balaban J connectivity index is 1.74. The second-order valence-electron chi connectivity index (χ2n) is 5.05. The summed E-state index contributed by atoms with van der Waals surface area (Å²) in [5.74, 6) is 0.492. The lowest BCUT2D eigenvalue weighted by atomic mass is 10.1. The highest BCUT2D eigenvalue weighted by Gasteiger charge is 2.21. The van der Waals surface area contributed by atoms with Crippen LogP contribution in [0.15, 0.2) is 5.38 Å². The van der Waals surface area contributed by atoms with Crippen molar-refractivity contribution < 1.29 is 9.53 Å². The maximum Gasteiger partial charge on any atom is 0.311 e. The summed E-state index contributed by atoms with van der Waals surface area (Å²) < 4.78 is 4.92. The van der Waals surface area contributed by atoms with Crippen LogP contribution in [-0.2, 0) is 16.0 Å². The Bertz CT molecular complexity index is 436. The molecule has 1 aliphatic heterocycles. The second-order valence-corrected chi connectivity index (χ2v) is 5.91. The molecule has 6 heteroatoms. The van der Waals surface area contributed by atoms with Crippen LogP contribution in [0.2, 0.25) is 0 Å². The van der Waals surface area contributed by atoms with Crippen LogP contribution in [0.25, 0.3) is 0 Å². The van der Waals surface area contributed by atoms with Crippen molar-refractivity contribution in [3.8, 4) is 0 Å². The summed E-state index contributed by atoms with van der Waals surface area (Å²) in [5.41, 5.74) is 0.789. The molecular weight excluding hydrogens is 274 g/mol. The molecule has 5 nitrogen and oxygen atoms in total. The normalized spacial score (nSPS) is 19.2. The first-order valence-corrected chi connectivity index (χ1v) is 8.15. The van der Waals surface area contributed by atoms with Gasteiger partial charge in [-0.05, 0) is 32.4 Å². The molecule has 20 heavy (non-hydrogen) atoms. The molecule has 1 aromatic rings. The number of thiazole rings is 1. The molecule has 1 aromatic heterocycles. The van der Waals surface area contributed by atoms with Gasteiger partial charge in [-0.25, -0.2) is 4.98 Å². The summed E-state index contributed by atoms with van der Waals surface area (Å²) in [6, 6.07) is 0. The molecule has 1 fully saturated rings. The zero-order valence-electron chi connectivity index (χ0n) is 12.2. The van der Waals surface area contributed by atoms with Crippen molar-refractivity contribution in [3.05, 3.63) is 11.1 Å². The number of hydrogen-bond donors (Lipinski definition) is 1. The lowest BCUT2D eigenvalue weighted by Crippen LogP contribution is -2.22. The van der Waals surface area contributed by atoms with Gasteiger partial charge in [0.25, 0.3) is 0 Å². The van der Waals surface area contributed by atoms with E-state index < -0.39 is 0 Å². The van der Waals surface area contributed by atoms with Crippen molar-refractivity contribution in [2.75, 3.05) is 38.1 Å². The molecule has 0 amide bonds. The lowest BCUT2D eigenvalue weighted by molar-refractivity contribution is -0.142. The van der Waals surface area contributed by atoms with Gasteiger partial charge in [-0.2, -0.15) is 0 Å². The van der Waals surface area contributed by atoms with Gasteiger partial charge >= 0.3 is 5.97 Å². The first kappa shape index (κ1) is 15.3. The zero-order valence-corrected chi connectivity index (χ0v) is 13.0. The van der Waals surface area contributed by atoms with Gasteiger partial charge in [0.1, 0.15) is 0 Å². The molecule has 0 bridgehead atoms. The minimum Gasteiger partial charge on any atom is -0.466 e. The molecule has 1 N–H and O–H groups in total. The Hall–Kier alpha value is -1.14. The van der Waals surface area contributed by atoms with Crippen molar-refractivity contribution in [2.24, 2.45) is 5.92 Å². The van der Waals surface area contributed by atoms with Gasteiger partial charge in [-0.15, -0.1) is 11.3 Å². The van der Waals surface area contributed by atoms with Crippen molar-refractivity contribution >= 4 is 22.4 Å². The first-order valence-electron chi connectivity index (χ1n) is 7.27. The minimum atomic E-state index is -0.210. The van der Waals surface area contributed by atoms with Crippen molar-refractivity contribution in [1.82, 2.24) is 9.88 Å². The van der Waals surface area contributed by atoms with E-state index in [2.05, 4.69) is 22.1 Å². The Morgan fingerprint density at radius 3 is 3.15 bits per heavy atom. The maximum atomic E-state index is 11.4. The van der Waals surface area contributed by atoms with Crippen molar-refractivity contribution in [2.45, 2.75) is 26.7 Å². The zero-order chi connectivity index (χ0) is 14.4. The predicted octanol–water partition coefficient (Wildman–Crippen LogP) is 2.00. The SMILES string of the molecule is CCOC(=O)Cc1csc(NCC2CCN(CC)C2)n1. The fourth-order valence-corrected chi connectivity index (χ4v) is 3.15. The Morgan fingerprint density at radius 1 is 1.60 bits per heavy atom. The molecule has 2 rings (SSSR count). The summed E-state index contributed by atoms with van der Waals surface area (Å²) in [6.07, 6.45) is 1.51. The summed E-state index contributed by atoms with van der Waals surface area (Å²) in [6.45, 7) is 8.91. The fraction of sp³-hybridized carbons (Fsp3) is 0.714. The van der Waals surface area contributed by atoms with Crippen LogP contribution in [0.1, 0.15) is 26.0 Å². The Morgan fingerprint density at radius 2 is 2.45 bits per heavy atom. The third-order valence-corrected chi connectivity index (χ3v) is 4.39. The maximum absolute atomic E-state index is 11.4. The number of ether oxygens (including phenoxy) is 1. The van der Waals surface area contributed by atoms with Crippen LogP contribution in [0.4, 0.5) is 5.13 Å². The average Bonchev–Trinajstić information content (AvgIpc) is 3.05. The molecule has 1 unspecified atom stereocenters. The van der Waals surface area contributed by atoms with E-state index in [-0.39, 0.29) is 12.4 Å². The topological polar surface area (TPSA) is 54.5 Å². The van der Waals surface area contributed by atoms with Crippen LogP contribution in [0, 0.1) is 5.92 Å². The van der Waals surface area contributed by atoms with E-state index in [0.29, 0.717) is 12.5 Å². The number of aromatic nitrogens is 1. The largest absolute Gasteiger partial charge is 0.466 e. The number of carbonyl (C=O) groups excluding carboxylic acids is 1. The highest BCUT2D eigenvalue weighted by Crippen LogP contribution is 2.20. The van der Waals surface area contributed by atoms with Crippen molar-refractivity contribution in [1.29, 1.82) is 0 Å². The standard InChI is InChI=1S/C14H23N3O2S/c1-3-17-6-5-11(9-17)8-15-14-16-12(10-20-14)7-13(18)19-4-2/h10-11H,3-9H2,1-2H3,(H,15,16). The number of carbonyl (C=O) groups is 1. The Kier molecular flexibility index (Phi) is 5.79. The number of nitrogens with one attached hydrogen (secondary N) is 1. The third-order valence-electron chi connectivity index (χ3n) is 3.54. The molecule has 0 spiro atoms. The molecule has 1 saturated heterocycles. The molecule has 0 aliphatic carbocycles. The van der Waals surface area contributed by atoms with Crippen LogP contribution in [0.5, 0.6) is 0 Å². The molecule has 2 heterocycles. The van der Waals surface area contributed by atoms with Gasteiger partial charge in [-0.1, -0.05) is 6.92 Å². The van der Waals surface area contributed by atoms with Crippen LogP contribution in [-0.4, -0.2) is 48.6 Å². The van der Waals surface area contributed by atoms with E-state index in [1.807, 2.05) is 12.3 Å². The molecule has 112 valence electrons. The minimum absolute atomic E-state index is 0.210. The van der Waals surface area contributed by atoms with E-state index in [1.165, 1.54) is 19.5 Å². The van der Waals surface area contributed by atoms with E-state index >= 15 is 0 Å². The molecule has 0 radical (unpaired) electrons. The summed E-state index contributed by atoms with van der Waals surface area (Å²) in [5, 5.41) is 6.21. The molecule has 1 atom stereocenters. The summed E-state index contributed by atoms with van der Waals surface area (Å²) in [4.78, 5) is 18.3. The van der Waals surface area contributed by atoms with E-state index in [4.69, 9.17) is 4.74 Å². The monoisotopic (exact) mass is 297 g/mol. The number of anilines is 1. The molecule has 1 aliphatic rings. The fourth-order valence-electron chi connectivity index (χ4n) is 2.43. The average molecular weight is 297 g/mol. The van der Waals surface area contributed by atoms with Crippen LogP contribution < -0.4 is 5.32 Å². The van der Waals surface area contributed by atoms with E-state index in [9.17, 15) is 4.79 Å². The van der Waals surface area contributed by atoms with Gasteiger partial charge in [0.05, 0.1) is 18.7 Å². The van der Waals surface area contributed by atoms with Gasteiger partial charge in [0.15, 0.2) is 5.13 Å². The van der Waals surface area contributed by atoms with Crippen LogP contribution >= 0.6 is 11.3 Å². The third kappa shape index (κ3) is 4.45. The number of esters is 1. The van der Waals surface area contributed by atoms with Gasteiger partial charge < -0.3 is 15.0 Å². The number of likely N-dealkylation sites (tertiary alicyclic amines) is 1. The lowest BCUT2D eigenvalue weighted by Gasteiger charge is -2.13. The summed E-state index contributed by atoms with van der Waals surface area (Å²) >= 11 is 1.56. The van der Waals surface area contributed by atoms with Crippen LogP contribution in [0.3, 0.4) is 0 Å². The van der Waals surface area contributed by atoms with Gasteiger partial charge in [0, 0.05) is 18.5 Å². The number of nitrogens with zero attached hydrogens (tertiary/aromatic N) is 2. The Labute approximate surface area is 124 Å². The summed E-state index contributed by atoms with van der Waals surface area (Å²) in [7, 11) is 0. The van der Waals surface area contributed by atoms with Gasteiger partial charge in [-0.3, -0.25) is 4.79 Å². The van der Waals surface area contributed by atoms with Gasteiger partial charge in [0.2, 0.25) is 0 Å². The first-order chi connectivity index (χ1) is 9.71. The number of rotatable bonds is 7. The van der Waals surface area contributed by atoms with E-state index in [0.717, 1.165) is 23.9 Å². The second kappa shape index (κ2) is 7.59. The van der Waals surface area contributed by atoms with E-state index in [1.54, 1.807) is 11.3 Å². The highest BCUT2D eigenvalue weighted by atomic mass is 32.1. The quantitative estimate of drug-likeness (QED) is 0.780. The van der Waals surface area contributed by atoms with Crippen molar-refractivity contribution in [3.63, 3.8) is 0 Å². The molecule has 0 aromatic carbocycles.